The van der Waals surface area contributed by atoms with Gasteiger partial charge in [-0.3, -0.25) is 9.36 Å². The number of fused-ring (bicyclic) bond motifs is 1. The summed E-state index contributed by atoms with van der Waals surface area (Å²) in [6.45, 7) is 7.97. The fourth-order valence-corrected chi connectivity index (χ4v) is 5.26. The van der Waals surface area contributed by atoms with Crippen LogP contribution in [0, 0.1) is 13.8 Å². The second kappa shape index (κ2) is 8.23. The first-order valence-electron chi connectivity index (χ1n) is 9.51. The summed E-state index contributed by atoms with van der Waals surface area (Å²) < 4.78 is 12.5. The predicted molar refractivity (Wildman–Crippen MR) is 120 cm³/mol. The fraction of sp³-hybridized carbons (Fsp3) is 0.333. The molecular weight excluding hydrogens is 420 g/mol. The molecular formula is C21H22N4O3S2. The molecule has 0 aliphatic rings. The third-order valence-corrected chi connectivity index (χ3v) is 6.90. The standard InChI is InChI=1S/C21H22N4O3S2/c1-11(2)25-20(26)17-12(3)13(4)30-19(17)23-21(25)29-10-16-22-18(24-28-16)14-8-6-7-9-15(14)27-5/h6-9,11H,10H2,1-5H3. The minimum Gasteiger partial charge on any atom is -0.496 e. The van der Waals surface area contributed by atoms with Crippen molar-refractivity contribution in [2.24, 2.45) is 0 Å². The zero-order valence-electron chi connectivity index (χ0n) is 17.4. The summed E-state index contributed by atoms with van der Waals surface area (Å²) in [7, 11) is 1.61. The number of para-hydroxylation sites is 1. The van der Waals surface area contributed by atoms with Crippen LogP contribution >= 0.6 is 23.1 Å². The lowest BCUT2D eigenvalue weighted by atomic mass is 10.2. The fourth-order valence-electron chi connectivity index (χ4n) is 3.22. The van der Waals surface area contributed by atoms with Crippen molar-refractivity contribution < 1.29 is 9.26 Å². The Morgan fingerprint density at radius 1 is 1.23 bits per heavy atom. The molecule has 156 valence electrons. The van der Waals surface area contributed by atoms with E-state index in [0.29, 0.717) is 33.8 Å². The molecule has 0 saturated carbocycles. The third-order valence-electron chi connectivity index (χ3n) is 4.86. The van der Waals surface area contributed by atoms with Gasteiger partial charge in [0, 0.05) is 10.9 Å². The van der Waals surface area contributed by atoms with Gasteiger partial charge in [-0.25, -0.2) is 4.98 Å². The van der Waals surface area contributed by atoms with E-state index >= 15 is 0 Å². The molecule has 0 aliphatic carbocycles. The van der Waals surface area contributed by atoms with Crippen LogP contribution in [0.1, 0.15) is 36.2 Å². The number of methoxy groups -OCH3 is 1. The zero-order valence-corrected chi connectivity index (χ0v) is 19.1. The maximum atomic E-state index is 13.1. The molecule has 4 rings (SSSR count). The van der Waals surface area contributed by atoms with Crippen LogP contribution in [0.2, 0.25) is 0 Å². The van der Waals surface area contributed by atoms with E-state index in [2.05, 4.69) is 10.1 Å². The summed E-state index contributed by atoms with van der Waals surface area (Å²) in [5, 5.41) is 5.45. The molecule has 0 radical (unpaired) electrons. The van der Waals surface area contributed by atoms with E-state index < -0.39 is 0 Å². The molecule has 30 heavy (non-hydrogen) atoms. The number of rotatable bonds is 6. The highest BCUT2D eigenvalue weighted by molar-refractivity contribution is 7.98. The van der Waals surface area contributed by atoms with Crippen LogP contribution in [0.4, 0.5) is 0 Å². The Labute approximate surface area is 182 Å². The summed E-state index contributed by atoms with van der Waals surface area (Å²) in [5.74, 6) is 2.03. The zero-order chi connectivity index (χ0) is 21.4. The van der Waals surface area contributed by atoms with Gasteiger partial charge in [0.25, 0.3) is 5.56 Å². The molecule has 0 spiro atoms. The molecule has 0 fully saturated rings. The average molecular weight is 443 g/mol. The van der Waals surface area contributed by atoms with E-state index in [1.54, 1.807) is 23.0 Å². The van der Waals surface area contributed by atoms with Crippen molar-refractivity contribution in [3.63, 3.8) is 0 Å². The van der Waals surface area contributed by atoms with Crippen molar-refractivity contribution in [1.82, 2.24) is 19.7 Å². The first kappa shape index (κ1) is 20.6. The van der Waals surface area contributed by atoms with E-state index in [1.807, 2.05) is 52.0 Å². The molecule has 1 aromatic carbocycles. The number of aromatic nitrogens is 4. The molecule has 0 saturated heterocycles. The molecule has 3 aromatic heterocycles. The van der Waals surface area contributed by atoms with Crippen LogP contribution in [0.25, 0.3) is 21.6 Å². The maximum Gasteiger partial charge on any atom is 0.263 e. The molecule has 4 aromatic rings. The maximum absolute atomic E-state index is 13.1. The van der Waals surface area contributed by atoms with Gasteiger partial charge in [-0.1, -0.05) is 29.1 Å². The number of ether oxygens (including phenoxy) is 1. The summed E-state index contributed by atoms with van der Waals surface area (Å²) in [5.41, 5.74) is 1.78. The quantitative estimate of drug-likeness (QED) is 0.307. The van der Waals surface area contributed by atoms with E-state index in [1.165, 1.54) is 11.8 Å². The normalized spacial score (nSPS) is 11.5. The topological polar surface area (TPSA) is 83.0 Å². The monoisotopic (exact) mass is 442 g/mol. The van der Waals surface area contributed by atoms with Crippen LogP contribution < -0.4 is 10.3 Å². The highest BCUT2D eigenvalue weighted by Gasteiger charge is 2.20. The third kappa shape index (κ3) is 3.63. The molecule has 0 bridgehead atoms. The molecule has 0 amide bonds. The Kier molecular flexibility index (Phi) is 5.66. The lowest BCUT2D eigenvalue weighted by Crippen LogP contribution is -2.24. The van der Waals surface area contributed by atoms with E-state index in [9.17, 15) is 4.79 Å². The smallest absolute Gasteiger partial charge is 0.263 e. The molecule has 0 unspecified atom stereocenters. The van der Waals surface area contributed by atoms with Crippen LogP contribution in [0.3, 0.4) is 0 Å². The van der Waals surface area contributed by atoms with E-state index in [4.69, 9.17) is 14.2 Å². The van der Waals surface area contributed by atoms with Crippen LogP contribution in [-0.4, -0.2) is 26.8 Å². The van der Waals surface area contributed by atoms with Crippen LogP contribution in [0.5, 0.6) is 5.75 Å². The van der Waals surface area contributed by atoms with Crippen LogP contribution in [0.15, 0.2) is 38.7 Å². The Morgan fingerprint density at radius 2 is 2.00 bits per heavy atom. The number of nitrogens with zero attached hydrogens (tertiary/aromatic N) is 4. The molecule has 0 atom stereocenters. The summed E-state index contributed by atoms with van der Waals surface area (Å²) >= 11 is 2.97. The van der Waals surface area contributed by atoms with Gasteiger partial charge >= 0.3 is 0 Å². The highest BCUT2D eigenvalue weighted by Crippen LogP contribution is 2.31. The van der Waals surface area contributed by atoms with E-state index in [0.717, 1.165) is 20.8 Å². The highest BCUT2D eigenvalue weighted by atomic mass is 32.2. The van der Waals surface area contributed by atoms with Gasteiger partial charge in [0.1, 0.15) is 10.6 Å². The van der Waals surface area contributed by atoms with Crippen LogP contribution in [-0.2, 0) is 5.75 Å². The number of hydrogen-bond acceptors (Lipinski definition) is 8. The van der Waals surface area contributed by atoms with Crippen molar-refractivity contribution >= 4 is 33.3 Å². The summed E-state index contributed by atoms with van der Waals surface area (Å²) in [6.07, 6.45) is 0. The Hall–Kier alpha value is -2.65. The summed E-state index contributed by atoms with van der Waals surface area (Å²) in [6, 6.07) is 7.51. The Bertz CT molecular complexity index is 1270. The first-order chi connectivity index (χ1) is 14.4. The molecule has 3 heterocycles. The van der Waals surface area contributed by atoms with Gasteiger partial charge in [-0.2, -0.15) is 4.98 Å². The lowest BCUT2D eigenvalue weighted by Gasteiger charge is -2.14. The summed E-state index contributed by atoms with van der Waals surface area (Å²) in [4.78, 5) is 24.3. The van der Waals surface area contributed by atoms with Crippen molar-refractivity contribution in [2.75, 3.05) is 7.11 Å². The number of hydrogen-bond donors (Lipinski definition) is 0. The van der Waals surface area contributed by atoms with Crippen molar-refractivity contribution in [3.8, 4) is 17.1 Å². The minimum absolute atomic E-state index is 0.000380. The van der Waals surface area contributed by atoms with Gasteiger partial charge in [-0.05, 0) is 45.4 Å². The number of aryl methyl sites for hydroxylation is 2. The molecule has 0 N–H and O–H groups in total. The second-order valence-corrected chi connectivity index (χ2v) is 9.27. The van der Waals surface area contributed by atoms with Gasteiger partial charge in [0.15, 0.2) is 5.16 Å². The van der Waals surface area contributed by atoms with Gasteiger partial charge in [-0.15, -0.1) is 11.3 Å². The number of thiophene rings is 1. The number of thioether (sulfide) groups is 1. The predicted octanol–water partition coefficient (Wildman–Crippen LogP) is 5.01. The molecule has 7 nitrogen and oxygen atoms in total. The Morgan fingerprint density at radius 3 is 2.73 bits per heavy atom. The minimum atomic E-state index is -0.0108. The van der Waals surface area contributed by atoms with Gasteiger partial charge in [0.05, 0.1) is 23.8 Å². The second-order valence-electron chi connectivity index (χ2n) is 7.13. The first-order valence-corrected chi connectivity index (χ1v) is 11.3. The van der Waals surface area contributed by atoms with Gasteiger partial charge in [0.2, 0.25) is 11.7 Å². The largest absolute Gasteiger partial charge is 0.496 e. The van der Waals surface area contributed by atoms with Crippen molar-refractivity contribution in [1.29, 1.82) is 0 Å². The SMILES string of the molecule is COc1ccccc1-c1noc(CSc2nc3sc(C)c(C)c3c(=O)n2C(C)C)n1. The van der Waals surface area contributed by atoms with Crippen molar-refractivity contribution in [3.05, 3.63) is 51.0 Å². The average Bonchev–Trinajstić information content (AvgIpc) is 3.30. The Balaban J connectivity index is 1.65. The van der Waals surface area contributed by atoms with Gasteiger partial charge < -0.3 is 9.26 Å². The van der Waals surface area contributed by atoms with Crippen molar-refractivity contribution in [2.45, 2.75) is 44.6 Å². The van der Waals surface area contributed by atoms with E-state index in [-0.39, 0.29) is 11.6 Å². The molecule has 0 aliphatic heterocycles. The molecule has 9 heteroatoms. The number of benzene rings is 1. The lowest BCUT2D eigenvalue weighted by molar-refractivity contribution is 0.390.